The number of nitrogens with two attached hydrogens (primary N) is 1. The minimum absolute atomic E-state index is 0.163. The molecule has 3 nitrogen and oxygen atoms in total. The average Bonchev–Trinajstić information content (AvgIpc) is 2.21. The Labute approximate surface area is 93.1 Å². The average molecular weight is 230 g/mol. The summed E-state index contributed by atoms with van der Waals surface area (Å²) in [5, 5.41) is 2.92. The van der Waals surface area contributed by atoms with E-state index in [0.29, 0.717) is 6.54 Å². The normalized spacial score (nSPS) is 11.5. The van der Waals surface area contributed by atoms with Crippen molar-refractivity contribution in [2.45, 2.75) is 13.3 Å². The Morgan fingerprint density at radius 2 is 2.33 bits per heavy atom. The molecule has 82 valence electrons. The lowest BCUT2D eigenvalue weighted by Gasteiger charge is -2.08. The molecule has 0 atom stereocenters. The molecule has 1 aromatic rings. The van der Waals surface area contributed by atoms with Crippen LogP contribution in [0.25, 0.3) is 0 Å². The quantitative estimate of drug-likeness (QED) is 0.618. The molecule has 0 heterocycles. The van der Waals surface area contributed by atoms with E-state index in [1.165, 1.54) is 12.1 Å². The van der Waals surface area contributed by atoms with Crippen LogP contribution in [0.15, 0.2) is 23.2 Å². The first-order valence-electron chi connectivity index (χ1n) is 4.66. The van der Waals surface area contributed by atoms with Crippen molar-refractivity contribution in [2.24, 2.45) is 10.7 Å². The van der Waals surface area contributed by atoms with Crippen LogP contribution < -0.4 is 11.1 Å². The highest BCUT2D eigenvalue weighted by atomic mass is 35.5. The molecule has 0 bridgehead atoms. The molecule has 0 saturated heterocycles. The standard InChI is InChI=1S/C10H13ClFN3/c1-2-6-14-10(13)15-9-7(11)4-3-5-8(9)12/h3-5H,2,6H2,1H3,(H3,13,14,15). The maximum Gasteiger partial charge on any atom is 0.193 e. The predicted octanol–water partition coefficient (Wildman–Crippen LogP) is 2.62. The molecule has 3 N–H and O–H groups in total. The zero-order valence-corrected chi connectivity index (χ0v) is 9.18. The van der Waals surface area contributed by atoms with Crippen LogP contribution in [0.2, 0.25) is 5.02 Å². The summed E-state index contributed by atoms with van der Waals surface area (Å²) in [6.07, 6.45) is 0.882. The molecule has 1 rings (SSSR count). The van der Waals surface area contributed by atoms with Crippen molar-refractivity contribution in [2.75, 3.05) is 11.9 Å². The van der Waals surface area contributed by atoms with Gasteiger partial charge in [0.2, 0.25) is 0 Å². The minimum Gasteiger partial charge on any atom is -0.370 e. The first-order chi connectivity index (χ1) is 7.15. The maximum absolute atomic E-state index is 13.3. The monoisotopic (exact) mass is 229 g/mol. The molecule has 0 unspecified atom stereocenters. The van der Waals surface area contributed by atoms with Crippen molar-refractivity contribution in [3.8, 4) is 0 Å². The molecule has 0 radical (unpaired) electrons. The second-order valence-corrected chi connectivity index (χ2v) is 3.40. The van der Waals surface area contributed by atoms with E-state index < -0.39 is 5.82 Å². The van der Waals surface area contributed by atoms with E-state index in [2.05, 4.69) is 10.3 Å². The lowest BCUT2D eigenvalue weighted by Crippen LogP contribution is -2.23. The Kier molecular flexibility index (Phi) is 4.37. The SMILES string of the molecule is CCCN=C(N)Nc1c(F)cccc1Cl. The van der Waals surface area contributed by atoms with Crippen LogP contribution in [-0.4, -0.2) is 12.5 Å². The van der Waals surface area contributed by atoms with Gasteiger partial charge in [-0.25, -0.2) is 4.39 Å². The van der Waals surface area contributed by atoms with E-state index in [0.717, 1.165) is 6.42 Å². The van der Waals surface area contributed by atoms with Crippen LogP contribution >= 0.6 is 11.6 Å². The Morgan fingerprint density at radius 1 is 1.60 bits per heavy atom. The Balaban J connectivity index is 2.80. The molecule has 0 aliphatic rings. The number of hydrogen-bond acceptors (Lipinski definition) is 1. The lowest BCUT2D eigenvalue weighted by molar-refractivity contribution is 0.632. The van der Waals surface area contributed by atoms with E-state index in [1.54, 1.807) is 6.07 Å². The van der Waals surface area contributed by atoms with Gasteiger partial charge in [-0.15, -0.1) is 0 Å². The number of nitrogens with one attached hydrogen (secondary N) is 1. The first-order valence-corrected chi connectivity index (χ1v) is 5.04. The molecule has 0 aliphatic heterocycles. The fourth-order valence-corrected chi connectivity index (χ4v) is 1.23. The first kappa shape index (κ1) is 11.8. The van der Waals surface area contributed by atoms with Crippen molar-refractivity contribution < 1.29 is 4.39 Å². The van der Waals surface area contributed by atoms with Gasteiger partial charge in [0.25, 0.3) is 0 Å². The Hall–Kier alpha value is -1.29. The topological polar surface area (TPSA) is 50.4 Å². The zero-order chi connectivity index (χ0) is 11.3. The molecular weight excluding hydrogens is 217 g/mol. The summed E-state index contributed by atoms with van der Waals surface area (Å²) in [5.41, 5.74) is 5.71. The van der Waals surface area contributed by atoms with Gasteiger partial charge in [-0.1, -0.05) is 24.6 Å². The number of hydrogen-bond donors (Lipinski definition) is 2. The van der Waals surface area contributed by atoms with Crippen LogP contribution in [0.3, 0.4) is 0 Å². The largest absolute Gasteiger partial charge is 0.370 e. The fraction of sp³-hybridized carbons (Fsp3) is 0.300. The van der Waals surface area contributed by atoms with Gasteiger partial charge >= 0.3 is 0 Å². The van der Waals surface area contributed by atoms with Gasteiger partial charge in [0.15, 0.2) is 5.96 Å². The summed E-state index contributed by atoms with van der Waals surface area (Å²) in [5.74, 6) is -0.277. The van der Waals surface area contributed by atoms with Crippen molar-refractivity contribution in [1.82, 2.24) is 0 Å². The molecule has 0 amide bonds. The summed E-state index contributed by atoms with van der Waals surface area (Å²) < 4.78 is 13.3. The van der Waals surface area contributed by atoms with Crippen molar-refractivity contribution in [1.29, 1.82) is 0 Å². The highest BCUT2D eigenvalue weighted by Crippen LogP contribution is 2.24. The molecule has 0 aromatic heterocycles. The number of guanidine groups is 1. The third-order valence-electron chi connectivity index (χ3n) is 1.72. The molecule has 1 aromatic carbocycles. The van der Waals surface area contributed by atoms with E-state index in [-0.39, 0.29) is 16.7 Å². The van der Waals surface area contributed by atoms with Gasteiger partial charge in [-0.05, 0) is 18.6 Å². The smallest absolute Gasteiger partial charge is 0.193 e. The van der Waals surface area contributed by atoms with Gasteiger partial charge in [-0.3, -0.25) is 4.99 Å². The second-order valence-electron chi connectivity index (χ2n) is 2.99. The summed E-state index contributed by atoms with van der Waals surface area (Å²) in [6, 6.07) is 4.42. The molecular formula is C10H13ClFN3. The third kappa shape index (κ3) is 3.40. The van der Waals surface area contributed by atoms with Crippen molar-refractivity contribution in [3.63, 3.8) is 0 Å². The Bertz CT molecular complexity index is 345. The second kappa shape index (κ2) is 5.56. The minimum atomic E-state index is -0.447. The van der Waals surface area contributed by atoms with E-state index in [9.17, 15) is 4.39 Å². The summed E-state index contributed by atoms with van der Waals surface area (Å²) in [7, 11) is 0. The molecule has 0 fully saturated rings. The molecule has 0 spiro atoms. The number of halogens is 2. The molecule has 15 heavy (non-hydrogen) atoms. The maximum atomic E-state index is 13.3. The van der Waals surface area contributed by atoms with Crippen LogP contribution in [0.4, 0.5) is 10.1 Å². The predicted molar refractivity (Wildman–Crippen MR) is 61.8 cm³/mol. The van der Waals surface area contributed by atoms with E-state index >= 15 is 0 Å². The van der Waals surface area contributed by atoms with Gasteiger partial charge in [0.1, 0.15) is 5.82 Å². The van der Waals surface area contributed by atoms with Crippen LogP contribution in [-0.2, 0) is 0 Å². The van der Waals surface area contributed by atoms with E-state index in [4.69, 9.17) is 17.3 Å². The number of para-hydroxylation sites is 1. The number of aliphatic imine (C=N–C) groups is 1. The number of nitrogens with zero attached hydrogens (tertiary/aromatic N) is 1. The number of rotatable bonds is 3. The van der Waals surface area contributed by atoms with Gasteiger partial charge < -0.3 is 11.1 Å². The van der Waals surface area contributed by atoms with Crippen molar-refractivity contribution in [3.05, 3.63) is 29.0 Å². The van der Waals surface area contributed by atoms with Crippen molar-refractivity contribution >= 4 is 23.2 Å². The van der Waals surface area contributed by atoms with Gasteiger partial charge in [0, 0.05) is 6.54 Å². The fourth-order valence-electron chi connectivity index (χ4n) is 1.02. The third-order valence-corrected chi connectivity index (χ3v) is 2.04. The molecule has 0 aliphatic carbocycles. The van der Waals surface area contributed by atoms with Crippen LogP contribution in [0.5, 0.6) is 0 Å². The number of anilines is 1. The highest BCUT2D eigenvalue weighted by Gasteiger charge is 2.06. The summed E-state index contributed by atoms with van der Waals surface area (Å²) >= 11 is 5.79. The zero-order valence-electron chi connectivity index (χ0n) is 8.43. The Morgan fingerprint density at radius 3 is 2.93 bits per heavy atom. The summed E-state index contributed by atoms with van der Waals surface area (Å²) in [6.45, 7) is 2.58. The van der Waals surface area contributed by atoms with E-state index in [1.807, 2.05) is 6.92 Å². The molecule has 5 heteroatoms. The van der Waals surface area contributed by atoms with Gasteiger partial charge in [0.05, 0.1) is 10.7 Å². The van der Waals surface area contributed by atoms with Crippen LogP contribution in [0, 0.1) is 5.82 Å². The van der Waals surface area contributed by atoms with Crippen LogP contribution in [0.1, 0.15) is 13.3 Å². The molecule has 0 saturated carbocycles. The summed E-state index contributed by atoms with van der Waals surface area (Å²) in [4.78, 5) is 3.98. The van der Waals surface area contributed by atoms with Gasteiger partial charge in [-0.2, -0.15) is 0 Å². The number of benzene rings is 1. The highest BCUT2D eigenvalue weighted by molar-refractivity contribution is 6.33. The lowest BCUT2D eigenvalue weighted by atomic mass is 10.3.